The highest BCUT2D eigenvalue weighted by molar-refractivity contribution is 6.27. The van der Waals surface area contributed by atoms with Crippen LogP contribution in [0.5, 0.6) is 0 Å². The number of nitrogens with zero attached hydrogens (tertiary/aromatic N) is 3. The van der Waals surface area contributed by atoms with Crippen molar-refractivity contribution in [2.24, 2.45) is 0 Å². The second-order valence-corrected chi connectivity index (χ2v) is 6.08. The maximum atomic E-state index is 12.2. The number of piperazine rings is 1. The Morgan fingerprint density at radius 3 is 2.21 bits per heavy atom. The van der Waals surface area contributed by atoms with Crippen LogP contribution in [-0.4, -0.2) is 69.0 Å². The van der Waals surface area contributed by atoms with E-state index in [1.807, 2.05) is 6.07 Å². The third-order valence-corrected chi connectivity index (χ3v) is 4.10. The van der Waals surface area contributed by atoms with E-state index in [1.54, 1.807) is 29.2 Å². The van der Waals surface area contributed by atoms with Gasteiger partial charge in [-0.3, -0.25) is 19.8 Å². The summed E-state index contributed by atoms with van der Waals surface area (Å²) in [6.45, 7) is 3.34. The molecule has 1 fully saturated rings. The molecule has 0 atom stereocenters. The Bertz CT molecular complexity index is 861. The molecular formula is C18H19N3O8. The van der Waals surface area contributed by atoms with Gasteiger partial charge in [-0.25, -0.2) is 9.59 Å². The van der Waals surface area contributed by atoms with E-state index in [0.29, 0.717) is 25.4 Å². The van der Waals surface area contributed by atoms with Crippen LogP contribution in [-0.2, 0) is 16.1 Å². The lowest BCUT2D eigenvalue weighted by molar-refractivity contribution is -0.384. The van der Waals surface area contributed by atoms with Crippen LogP contribution in [0, 0.1) is 10.1 Å². The number of non-ortho nitro benzene ring substituents is 1. The predicted molar refractivity (Wildman–Crippen MR) is 98.3 cm³/mol. The van der Waals surface area contributed by atoms with Crippen molar-refractivity contribution >= 4 is 23.5 Å². The largest absolute Gasteiger partial charge is 0.473 e. The number of furan rings is 1. The minimum absolute atomic E-state index is 0.0926. The van der Waals surface area contributed by atoms with Gasteiger partial charge in [0.2, 0.25) is 0 Å². The summed E-state index contributed by atoms with van der Waals surface area (Å²) in [6.07, 6.45) is 1.49. The Morgan fingerprint density at radius 2 is 1.69 bits per heavy atom. The smallest absolute Gasteiger partial charge is 0.414 e. The topological polar surface area (TPSA) is 154 Å². The molecule has 2 aromatic rings. The first-order valence-corrected chi connectivity index (χ1v) is 8.52. The van der Waals surface area contributed by atoms with Crippen LogP contribution >= 0.6 is 0 Å². The van der Waals surface area contributed by atoms with Crippen molar-refractivity contribution in [3.05, 3.63) is 64.1 Å². The number of benzene rings is 1. The summed E-state index contributed by atoms with van der Waals surface area (Å²) in [5.41, 5.74) is 1.01. The molecular weight excluding hydrogens is 386 g/mol. The van der Waals surface area contributed by atoms with Crippen LogP contribution in [0.3, 0.4) is 0 Å². The van der Waals surface area contributed by atoms with E-state index in [1.165, 1.54) is 12.3 Å². The summed E-state index contributed by atoms with van der Waals surface area (Å²) < 4.78 is 5.14. The van der Waals surface area contributed by atoms with Crippen molar-refractivity contribution in [1.82, 2.24) is 9.80 Å². The zero-order valence-corrected chi connectivity index (χ0v) is 15.3. The monoisotopic (exact) mass is 405 g/mol. The third kappa shape index (κ3) is 6.43. The molecule has 1 amide bonds. The van der Waals surface area contributed by atoms with E-state index in [-0.39, 0.29) is 16.5 Å². The lowest BCUT2D eigenvalue weighted by Crippen LogP contribution is -2.48. The zero-order chi connectivity index (χ0) is 21.4. The van der Waals surface area contributed by atoms with Gasteiger partial charge in [-0.05, 0) is 17.7 Å². The van der Waals surface area contributed by atoms with Gasteiger partial charge in [0.1, 0.15) is 0 Å². The Morgan fingerprint density at radius 1 is 1.03 bits per heavy atom. The number of aliphatic carboxylic acids is 2. The number of hydrogen-bond donors (Lipinski definition) is 2. The minimum Gasteiger partial charge on any atom is -0.473 e. The van der Waals surface area contributed by atoms with Gasteiger partial charge < -0.3 is 19.5 Å². The molecule has 1 aliphatic heterocycles. The van der Waals surface area contributed by atoms with Gasteiger partial charge in [-0.15, -0.1) is 0 Å². The summed E-state index contributed by atoms with van der Waals surface area (Å²) in [5, 5.41) is 25.6. The fourth-order valence-electron chi connectivity index (χ4n) is 2.69. The fourth-order valence-corrected chi connectivity index (χ4v) is 2.69. The van der Waals surface area contributed by atoms with Crippen LogP contribution in [0.15, 0.2) is 47.1 Å². The van der Waals surface area contributed by atoms with E-state index in [9.17, 15) is 14.9 Å². The van der Waals surface area contributed by atoms with Gasteiger partial charge in [-0.2, -0.15) is 0 Å². The molecule has 1 aromatic heterocycles. The summed E-state index contributed by atoms with van der Waals surface area (Å²) in [4.78, 5) is 44.8. The van der Waals surface area contributed by atoms with E-state index in [2.05, 4.69) is 4.90 Å². The normalized spacial score (nSPS) is 13.9. The van der Waals surface area contributed by atoms with Gasteiger partial charge in [0.05, 0.1) is 11.2 Å². The Balaban J connectivity index is 0.000000438. The molecule has 0 spiro atoms. The molecule has 0 radical (unpaired) electrons. The van der Waals surface area contributed by atoms with Crippen molar-refractivity contribution < 1.29 is 33.9 Å². The second-order valence-electron chi connectivity index (χ2n) is 6.08. The summed E-state index contributed by atoms with van der Waals surface area (Å²) in [7, 11) is 0. The maximum Gasteiger partial charge on any atom is 0.414 e. The van der Waals surface area contributed by atoms with Gasteiger partial charge in [0.25, 0.3) is 11.6 Å². The standard InChI is InChI=1S/C16H17N3O4.C2H2O4/c20-16(15-5-2-10-23-15)18-8-6-17(7-9-18)12-13-3-1-4-14(11-13)19(21)22;3-1(4)2(5)6/h1-5,10-11H,6-9,12H2;(H,3,4)(H,5,6). The number of hydrogen-bond acceptors (Lipinski definition) is 7. The highest BCUT2D eigenvalue weighted by atomic mass is 16.6. The van der Waals surface area contributed by atoms with Crippen LogP contribution in [0.25, 0.3) is 0 Å². The quantitative estimate of drug-likeness (QED) is 0.435. The van der Waals surface area contributed by atoms with Gasteiger partial charge >= 0.3 is 11.9 Å². The van der Waals surface area contributed by atoms with Crippen LogP contribution in [0.1, 0.15) is 16.1 Å². The van der Waals surface area contributed by atoms with Crippen molar-refractivity contribution in [3.63, 3.8) is 0 Å². The molecule has 0 aliphatic carbocycles. The second kappa shape index (κ2) is 9.99. The number of carbonyl (C=O) groups is 3. The molecule has 3 rings (SSSR count). The van der Waals surface area contributed by atoms with Crippen molar-refractivity contribution in [3.8, 4) is 0 Å². The van der Waals surface area contributed by atoms with Crippen molar-refractivity contribution in [2.75, 3.05) is 26.2 Å². The molecule has 2 N–H and O–H groups in total. The number of nitro groups is 1. The molecule has 0 unspecified atom stereocenters. The lowest BCUT2D eigenvalue weighted by atomic mass is 10.1. The molecule has 1 saturated heterocycles. The van der Waals surface area contributed by atoms with E-state index < -0.39 is 11.9 Å². The number of amides is 1. The average Bonchev–Trinajstić information content (AvgIpc) is 3.23. The summed E-state index contributed by atoms with van der Waals surface area (Å²) >= 11 is 0. The van der Waals surface area contributed by atoms with Gasteiger partial charge in [-0.1, -0.05) is 12.1 Å². The number of carbonyl (C=O) groups excluding carboxylic acids is 1. The molecule has 11 heteroatoms. The highest BCUT2D eigenvalue weighted by Crippen LogP contribution is 2.16. The Hall–Kier alpha value is -3.73. The fraction of sp³-hybridized carbons (Fsp3) is 0.278. The van der Waals surface area contributed by atoms with Gasteiger partial charge in [0.15, 0.2) is 5.76 Å². The number of nitro benzene ring substituents is 1. The first kappa shape index (κ1) is 21.6. The molecule has 11 nitrogen and oxygen atoms in total. The van der Waals surface area contributed by atoms with Crippen LogP contribution in [0.2, 0.25) is 0 Å². The summed E-state index contributed by atoms with van der Waals surface area (Å²) in [6, 6.07) is 10.0. The maximum absolute atomic E-state index is 12.2. The Labute approximate surface area is 164 Å². The first-order valence-electron chi connectivity index (χ1n) is 8.52. The molecule has 154 valence electrons. The van der Waals surface area contributed by atoms with Crippen molar-refractivity contribution in [1.29, 1.82) is 0 Å². The van der Waals surface area contributed by atoms with E-state index >= 15 is 0 Å². The molecule has 1 aliphatic rings. The number of carboxylic acids is 2. The lowest BCUT2D eigenvalue weighted by Gasteiger charge is -2.34. The number of rotatable bonds is 4. The summed E-state index contributed by atoms with van der Waals surface area (Å²) in [5.74, 6) is -3.38. The van der Waals surface area contributed by atoms with E-state index in [0.717, 1.165) is 18.7 Å². The average molecular weight is 405 g/mol. The van der Waals surface area contributed by atoms with E-state index in [4.69, 9.17) is 24.2 Å². The molecule has 29 heavy (non-hydrogen) atoms. The van der Waals surface area contributed by atoms with Crippen LogP contribution < -0.4 is 0 Å². The molecule has 2 heterocycles. The SMILES string of the molecule is O=C(O)C(=O)O.O=C(c1ccco1)N1CCN(Cc2cccc([N+](=O)[O-])c2)CC1. The number of carboxylic acid groups (broad SMARTS) is 2. The predicted octanol–water partition coefficient (Wildman–Crippen LogP) is 1.30. The minimum atomic E-state index is -1.82. The molecule has 0 bridgehead atoms. The Kier molecular flexibility index (Phi) is 7.43. The van der Waals surface area contributed by atoms with Crippen LogP contribution in [0.4, 0.5) is 5.69 Å². The zero-order valence-electron chi connectivity index (χ0n) is 15.3. The molecule has 1 aromatic carbocycles. The molecule has 0 saturated carbocycles. The first-order chi connectivity index (χ1) is 13.8. The van der Waals surface area contributed by atoms with Gasteiger partial charge in [0, 0.05) is 44.9 Å². The van der Waals surface area contributed by atoms with Crippen molar-refractivity contribution in [2.45, 2.75) is 6.54 Å². The third-order valence-electron chi connectivity index (χ3n) is 4.10. The highest BCUT2D eigenvalue weighted by Gasteiger charge is 2.23.